The predicted molar refractivity (Wildman–Crippen MR) is 117 cm³/mol. The molecule has 2 amide bonds. The van der Waals surface area contributed by atoms with Crippen molar-refractivity contribution in [1.29, 1.82) is 0 Å². The van der Waals surface area contributed by atoms with Crippen molar-refractivity contribution in [1.82, 2.24) is 9.80 Å². The van der Waals surface area contributed by atoms with Crippen LogP contribution in [0.3, 0.4) is 0 Å². The first-order valence-electron chi connectivity index (χ1n) is 10.5. The van der Waals surface area contributed by atoms with Crippen LogP contribution in [0, 0.1) is 5.92 Å². The fourth-order valence-corrected chi connectivity index (χ4v) is 4.66. The molecule has 5 nitrogen and oxygen atoms in total. The Labute approximate surface area is 182 Å². The third kappa shape index (κ3) is 4.31. The van der Waals surface area contributed by atoms with Crippen LogP contribution in [0.25, 0.3) is 0 Å². The number of halogens is 1. The van der Waals surface area contributed by atoms with Crippen molar-refractivity contribution in [3.63, 3.8) is 0 Å². The maximum atomic E-state index is 13.4. The molecule has 2 aliphatic heterocycles. The molecule has 158 valence electrons. The first-order valence-corrected chi connectivity index (χ1v) is 10.9. The zero-order chi connectivity index (χ0) is 21.1. The molecule has 0 aliphatic carbocycles. The zero-order valence-electron chi connectivity index (χ0n) is 17.2. The summed E-state index contributed by atoms with van der Waals surface area (Å²) in [6, 6.07) is 14.8. The van der Waals surface area contributed by atoms with Crippen LogP contribution in [0.1, 0.15) is 41.1 Å². The first-order chi connectivity index (χ1) is 14.6. The predicted octanol–water partition coefficient (Wildman–Crippen LogP) is 4.22. The van der Waals surface area contributed by atoms with Gasteiger partial charge in [0, 0.05) is 42.7 Å². The Morgan fingerprint density at radius 1 is 0.900 bits per heavy atom. The summed E-state index contributed by atoms with van der Waals surface area (Å²) in [5.74, 6) is 0.639. The van der Waals surface area contributed by atoms with Crippen molar-refractivity contribution in [2.24, 2.45) is 5.92 Å². The molecule has 0 bridgehead atoms. The Morgan fingerprint density at radius 2 is 1.57 bits per heavy atom. The van der Waals surface area contributed by atoms with Crippen LogP contribution in [0.15, 0.2) is 48.5 Å². The monoisotopic (exact) mass is 426 g/mol. The number of carbonyl (C=O) groups excluding carboxylic acids is 2. The van der Waals surface area contributed by atoms with Gasteiger partial charge in [0.05, 0.1) is 13.0 Å². The topological polar surface area (TPSA) is 49.9 Å². The maximum Gasteiger partial charge on any atom is 0.253 e. The van der Waals surface area contributed by atoms with Crippen molar-refractivity contribution in [2.45, 2.75) is 25.2 Å². The van der Waals surface area contributed by atoms with Crippen LogP contribution in [-0.4, -0.2) is 54.9 Å². The third-order valence-corrected chi connectivity index (χ3v) is 6.48. The Bertz CT molecular complexity index is 892. The van der Waals surface area contributed by atoms with Gasteiger partial charge in [0.25, 0.3) is 5.91 Å². The number of amides is 2. The van der Waals surface area contributed by atoms with E-state index >= 15 is 0 Å². The van der Waals surface area contributed by atoms with Crippen molar-refractivity contribution in [3.8, 4) is 5.75 Å². The van der Waals surface area contributed by atoms with Crippen LogP contribution in [-0.2, 0) is 4.79 Å². The maximum absolute atomic E-state index is 13.4. The van der Waals surface area contributed by atoms with Crippen molar-refractivity contribution >= 4 is 23.4 Å². The second-order valence-electron chi connectivity index (χ2n) is 8.09. The van der Waals surface area contributed by atoms with Crippen molar-refractivity contribution in [2.75, 3.05) is 33.3 Å². The molecule has 0 N–H and O–H groups in total. The highest BCUT2D eigenvalue weighted by Crippen LogP contribution is 2.36. The molecule has 2 aromatic rings. The van der Waals surface area contributed by atoms with Gasteiger partial charge >= 0.3 is 0 Å². The zero-order valence-corrected chi connectivity index (χ0v) is 18.0. The molecule has 0 radical (unpaired) electrons. The van der Waals surface area contributed by atoms with Crippen LogP contribution in [0.5, 0.6) is 5.75 Å². The van der Waals surface area contributed by atoms with E-state index in [1.807, 2.05) is 34.1 Å². The molecule has 2 fully saturated rings. The fraction of sp³-hybridized carbons (Fsp3) is 0.417. The highest BCUT2D eigenvalue weighted by Gasteiger charge is 2.42. The van der Waals surface area contributed by atoms with Crippen LogP contribution < -0.4 is 4.74 Å². The lowest BCUT2D eigenvalue weighted by Crippen LogP contribution is -2.42. The van der Waals surface area contributed by atoms with Gasteiger partial charge in [0.2, 0.25) is 5.91 Å². The number of benzene rings is 2. The fourth-order valence-electron chi connectivity index (χ4n) is 4.53. The molecule has 2 heterocycles. The number of nitrogens with zero attached hydrogens (tertiary/aromatic N) is 2. The lowest BCUT2D eigenvalue weighted by molar-refractivity contribution is -0.136. The quantitative estimate of drug-likeness (QED) is 0.735. The number of likely N-dealkylation sites (tertiary alicyclic amines) is 2. The first kappa shape index (κ1) is 20.7. The smallest absolute Gasteiger partial charge is 0.253 e. The second-order valence-corrected chi connectivity index (χ2v) is 8.53. The lowest BCUT2D eigenvalue weighted by Gasteiger charge is -2.31. The summed E-state index contributed by atoms with van der Waals surface area (Å²) in [6.07, 6.45) is 3.29. The minimum atomic E-state index is -0.229. The summed E-state index contributed by atoms with van der Waals surface area (Å²) in [7, 11) is 1.64. The normalized spacial score (nSPS) is 21.5. The van der Waals surface area contributed by atoms with Gasteiger partial charge in [0.1, 0.15) is 5.75 Å². The number of rotatable bonds is 4. The summed E-state index contributed by atoms with van der Waals surface area (Å²) in [5.41, 5.74) is 1.66. The van der Waals surface area contributed by atoms with Crippen LogP contribution in [0.2, 0.25) is 5.02 Å². The molecular weight excluding hydrogens is 400 g/mol. The SMILES string of the molecule is COc1ccc([C@@H]2CN(C(=O)c3ccc(Cl)cc3)C[C@@H]2C(=O)N2CCCCC2)cc1. The third-order valence-electron chi connectivity index (χ3n) is 6.23. The molecule has 0 aromatic heterocycles. The largest absolute Gasteiger partial charge is 0.497 e. The van der Waals surface area contributed by atoms with E-state index in [2.05, 4.69) is 0 Å². The van der Waals surface area contributed by atoms with E-state index in [0.717, 1.165) is 37.2 Å². The summed E-state index contributed by atoms with van der Waals surface area (Å²) in [6.45, 7) is 2.59. The molecule has 2 atom stereocenters. The second kappa shape index (κ2) is 9.09. The van der Waals surface area contributed by atoms with E-state index in [4.69, 9.17) is 16.3 Å². The lowest BCUT2D eigenvalue weighted by atomic mass is 9.87. The average molecular weight is 427 g/mol. The number of piperidine rings is 1. The molecule has 0 unspecified atom stereocenters. The molecule has 0 spiro atoms. The number of methoxy groups -OCH3 is 1. The highest BCUT2D eigenvalue weighted by molar-refractivity contribution is 6.30. The molecule has 2 aromatic carbocycles. The van der Waals surface area contributed by atoms with Gasteiger partial charge in [0.15, 0.2) is 0 Å². The standard InChI is InChI=1S/C24H27ClN2O3/c1-30-20-11-7-17(8-12-20)21-15-27(23(28)18-5-9-19(25)10-6-18)16-22(21)24(29)26-13-3-2-4-14-26/h5-12,21-22H,2-4,13-16H2,1H3/t21-,22-/m0/s1. The Morgan fingerprint density at radius 3 is 2.20 bits per heavy atom. The minimum Gasteiger partial charge on any atom is -0.497 e. The number of ether oxygens (including phenoxy) is 1. The van der Waals surface area contributed by atoms with Gasteiger partial charge in [-0.1, -0.05) is 23.7 Å². The van der Waals surface area contributed by atoms with Gasteiger partial charge < -0.3 is 14.5 Å². The molecule has 2 saturated heterocycles. The van der Waals surface area contributed by atoms with Gasteiger partial charge in [-0.2, -0.15) is 0 Å². The van der Waals surface area contributed by atoms with Gasteiger partial charge in [-0.15, -0.1) is 0 Å². The van der Waals surface area contributed by atoms with E-state index in [1.165, 1.54) is 6.42 Å². The van der Waals surface area contributed by atoms with Gasteiger partial charge in [-0.3, -0.25) is 9.59 Å². The van der Waals surface area contributed by atoms with E-state index in [0.29, 0.717) is 23.7 Å². The molecule has 6 heteroatoms. The summed E-state index contributed by atoms with van der Waals surface area (Å²) < 4.78 is 5.28. The van der Waals surface area contributed by atoms with E-state index in [-0.39, 0.29) is 23.7 Å². The number of hydrogen-bond donors (Lipinski definition) is 0. The molecule has 0 saturated carbocycles. The van der Waals surface area contributed by atoms with Crippen molar-refractivity contribution < 1.29 is 14.3 Å². The van der Waals surface area contributed by atoms with Crippen LogP contribution >= 0.6 is 11.6 Å². The number of hydrogen-bond acceptors (Lipinski definition) is 3. The van der Waals surface area contributed by atoms with E-state index < -0.39 is 0 Å². The molecule has 2 aliphatic rings. The summed E-state index contributed by atoms with van der Waals surface area (Å²) >= 11 is 5.97. The van der Waals surface area contributed by atoms with Gasteiger partial charge in [-0.05, 0) is 61.2 Å². The van der Waals surface area contributed by atoms with Crippen molar-refractivity contribution in [3.05, 3.63) is 64.7 Å². The molecular formula is C24H27ClN2O3. The molecule has 30 heavy (non-hydrogen) atoms. The average Bonchev–Trinajstić information content (AvgIpc) is 3.24. The summed E-state index contributed by atoms with van der Waals surface area (Å²) in [5, 5.41) is 0.599. The Hall–Kier alpha value is -2.53. The minimum absolute atomic E-state index is 0.0263. The van der Waals surface area contributed by atoms with E-state index in [9.17, 15) is 9.59 Å². The highest BCUT2D eigenvalue weighted by atomic mass is 35.5. The Balaban J connectivity index is 1.59. The number of carbonyl (C=O) groups is 2. The van der Waals surface area contributed by atoms with E-state index in [1.54, 1.807) is 31.4 Å². The molecule has 4 rings (SSSR count). The van der Waals surface area contributed by atoms with Gasteiger partial charge in [-0.25, -0.2) is 0 Å². The summed E-state index contributed by atoms with van der Waals surface area (Å²) in [4.78, 5) is 30.3. The van der Waals surface area contributed by atoms with Crippen LogP contribution in [0.4, 0.5) is 0 Å². The Kier molecular flexibility index (Phi) is 6.28.